The topological polar surface area (TPSA) is 71.1 Å². The van der Waals surface area contributed by atoms with E-state index in [4.69, 9.17) is 9.47 Å². The highest BCUT2D eigenvalue weighted by Gasteiger charge is 2.31. The van der Waals surface area contributed by atoms with Crippen molar-refractivity contribution >= 4 is 17.5 Å². The first-order valence-electron chi connectivity index (χ1n) is 8.79. The number of para-hydroxylation sites is 2. The van der Waals surface area contributed by atoms with E-state index in [1.807, 2.05) is 24.3 Å². The lowest BCUT2D eigenvalue weighted by Gasteiger charge is -2.32. The smallest absolute Gasteiger partial charge is 0.267 e. The van der Waals surface area contributed by atoms with Crippen molar-refractivity contribution in [2.24, 2.45) is 0 Å². The maximum Gasteiger partial charge on any atom is 0.267 e. The molecule has 7 nitrogen and oxygen atoms in total. The molecule has 0 saturated carbocycles. The summed E-state index contributed by atoms with van der Waals surface area (Å²) in [5.74, 6) is 0.528. The van der Waals surface area contributed by atoms with Gasteiger partial charge in [0.2, 0.25) is 5.91 Å². The standard InChI is InChI=1S/C18H25N3O4/c1-14-18(23)21(15-4-2-3-5-16(15)25-14)8-6-17(22)19-7-9-20-10-12-24-13-11-20/h2-5,14H,6-13H2,1H3,(H,19,22)/t14-/m0/s1. The fourth-order valence-corrected chi connectivity index (χ4v) is 3.07. The fourth-order valence-electron chi connectivity index (χ4n) is 3.07. The lowest BCUT2D eigenvalue weighted by atomic mass is 10.1. The van der Waals surface area contributed by atoms with Gasteiger partial charge >= 0.3 is 0 Å². The number of benzene rings is 1. The molecule has 3 rings (SSSR count). The number of ether oxygens (including phenoxy) is 2. The Morgan fingerprint density at radius 2 is 2.00 bits per heavy atom. The minimum absolute atomic E-state index is 0.0438. The quantitative estimate of drug-likeness (QED) is 0.818. The van der Waals surface area contributed by atoms with Crippen molar-refractivity contribution < 1.29 is 19.1 Å². The molecule has 1 aromatic carbocycles. The van der Waals surface area contributed by atoms with E-state index < -0.39 is 6.10 Å². The zero-order chi connectivity index (χ0) is 17.6. The van der Waals surface area contributed by atoms with E-state index in [9.17, 15) is 9.59 Å². The molecule has 0 aliphatic carbocycles. The molecule has 2 aliphatic heterocycles. The van der Waals surface area contributed by atoms with Gasteiger partial charge in [-0.3, -0.25) is 14.5 Å². The van der Waals surface area contributed by atoms with Gasteiger partial charge in [-0.1, -0.05) is 12.1 Å². The maximum atomic E-state index is 12.4. The van der Waals surface area contributed by atoms with Gasteiger partial charge in [-0.2, -0.15) is 0 Å². The third-order valence-corrected chi connectivity index (χ3v) is 4.49. The Labute approximate surface area is 147 Å². The van der Waals surface area contributed by atoms with Crippen LogP contribution in [0.3, 0.4) is 0 Å². The first kappa shape index (κ1) is 17.7. The summed E-state index contributed by atoms with van der Waals surface area (Å²) in [5.41, 5.74) is 0.728. The summed E-state index contributed by atoms with van der Waals surface area (Å²) in [4.78, 5) is 28.4. The second-order valence-electron chi connectivity index (χ2n) is 6.27. The van der Waals surface area contributed by atoms with Crippen LogP contribution in [-0.4, -0.2) is 68.8 Å². The summed E-state index contributed by atoms with van der Waals surface area (Å²) < 4.78 is 10.9. The highest BCUT2D eigenvalue weighted by atomic mass is 16.5. The van der Waals surface area contributed by atoms with Gasteiger partial charge in [0.15, 0.2) is 6.10 Å². The summed E-state index contributed by atoms with van der Waals surface area (Å²) in [6.07, 6.45) is -0.255. The molecule has 136 valence electrons. The SMILES string of the molecule is C[C@@H]1Oc2ccccc2N(CCC(=O)NCCN2CCOCC2)C1=O. The average Bonchev–Trinajstić information content (AvgIpc) is 2.63. The van der Waals surface area contributed by atoms with Crippen molar-refractivity contribution in [3.8, 4) is 5.75 Å². The molecule has 0 spiro atoms. The number of anilines is 1. The highest BCUT2D eigenvalue weighted by molar-refractivity contribution is 6.00. The van der Waals surface area contributed by atoms with Crippen molar-refractivity contribution in [1.29, 1.82) is 0 Å². The second kappa shape index (κ2) is 8.31. The number of nitrogens with zero attached hydrogens (tertiary/aromatic N) is 2. The molecule has 0 radical (unpaired) electrons. The molecule has 2 amide bonds. The number of carbonyl (C=O) groups excluding carboxylic acids is 2. The number of fused-ring (bicyclic) bond motifs is 1. The first-order valence-corrected chi connectivity index (χ1v) is 8.79. The lowest BCUT2D eigenvalue weighted by Crippen LogP contribution is -2.46. The number of hydrogen-bond acceptors (Lipinski definition) is 5. The number of rotatable bonds is 6. The van der Waals surface area contributed by atoms with E-state index in [0.717, 1.165) is 38.5 Å². The van der Waals surface area contributed by atoms with Crippen molar-refractivity contribution in [2.75, 3.05) is 50.8 Å². The molecule has 0 aromatic heterocycles. The third kappa shape index (κ3) is 4.49. The summed E-state index contributed by atoms with van der Waals surface area (Å²) in [6.45, 7) is 6.85. The highest BCUT2D eigenvalue weighted by Crippen LogP contribution is 2.33. The van der Waals surface area contributed by atoms with Crippen molar-refractivity contribution in [3.63, 3.8) is 0 Å². The summed E-state index contributed by atoms with van der Waals surface area (Å²) in [5, 5.41) is 2.93. The monoisotopic (exact) mass is 347 g/mol. The molecular weight excluding hydrogens is 322 g/mol. The molecule has 1 aromatic rings. The Morgan fingerprint density at radius 1 is 1.24 bits per heavy atom. The Morgan fingerprint density at radius 3 is 2.80 bits per heavy atom. The molecular formula is C18H25N3O4. The molecule has 1 N–H and O–H groups in total. The minimum atomic E-state index is -0.528. The second-order valence-corrected chi connectivity index (χ2v) is 6.27. The van der Waals surface area contributed by atoms with Gasteiger partial charge in [0.25, 0.3) is 5.91 Å². The van der Waals surface area contributed by atoms with Gasteiger partial charge in [0.05, 0.1) is 18.9 Å². The number of amides is 2. The predicted octanol–water partition coefficient (Wildman–Crippen LogP) is 0.639. The van der Waals surface area contributed by atoms with Gasteiger partial charge in [0.1, 0.15) is 5.75 Å². The van der Waals surface area contributed by atoms with Crippen LogP contribution in [0.15, 0.2) is 24.3 Å². The molecule has 7 heteroatoms. The Bertz CT molecular complexity index is 616. The van der Waals surface area contributed by atoms with E-state index in [-0.39, 0.29) is 18.2 Å². The van der Waals surface area contributed by atoms with Crippen LogP contribution in [0.4, 0.5) is 5.69 Å². The molecule has 1 saturated heterocycles. The molecule has 0 unspecified atom stereocenters. The van der Waals surface area contributed by atoms with Crippen molar-refractivity contribution in [3.05, 3.63) is 24.3 Å². The summed E-state index contributed by atoms with van der Waals surface area (Å²) in [7, 11) is 0. The maximum absolute atomic E-state index is 12.4. The van der Waals surface area contributed by atoms with Crippen LogP contribution >= 0.6 is 0 Å². The molecule has 2 aliphatic rings. The van der Waals surface area contributed by atoms with Crippen molar-refractivity contribution in [1.82, 2.24) is 10.2 Å². The summed E-state index contributed by atoms with van der Waals surface area (Å²) >= 11 is 0. The molecule has 2 heterocycles. The van der Waals surface area contributed by atoms with Gasteiger partial charge < -0.3 is 19.7 Å². The van der Waals surface area contributed by atoms with Crippen LogP contribution in [0.2, 0.25) is 0 Å². The third-order valence-electron chi connectivity index (χ3n) is 4.49. The molecule has 0 bridgehead atoms. The minimum Gasteiger partial charge on any atom is -0.479 e. The van der Waals surface area contributed by atoms with Crippen LogP contribution in [0.5, 0.6) is 5.75 Å². The number of nitrogens with one attached hydrogen (secondary N) is 1. The van der Waals surface area contributed by atoms with Crippen LogP contribution in [0, 0.1) is 0 Å². The van der Waals surface area contributed by atoms with Crippen LogP contribution in [0.25, 0.3) is 0 Å². The number of hydrogen-bond donors (Lipinski definition) is 1. The molecule has 1 atom stereocenters. The van der Waals surface area contributed by atoms with Gasteiger partial charge in [-0.05, 0) is 19.1 Å². The Hall–Kier alpha value is -2.12. The molecule has 25 heavy (non-hydrogen) atoms. The van der Waals surface area contributed by atoms with Crippen LogP contribution < -0.4 is 15.0 Å². The molecule has 1 fully saturated rings. The Kier molecular flexibility index (Phi) is 5.88. The normalized spacial score (nSPS) is 20.8. The number of morpholine rings is 1. The first-order chi connectivity index (χ1) is 12.1. The Balaban J connectivity index is 1.47. The van der Waals surface area contributed by atoms with Gasteiger partial charge in [-0.15, -0.1) is 0 Å². The van der Waals surface area contributed by atoms with Gasteiger partial charge in [0, 0.05) is 39.1 Å². The number of carbonyl (C=O) groups is 2. The zero-order valence-electron chi connectivity index (χ0n) is 14.6. The van der Waals surface area contributed by atoms with Crippen molar-refractivity contribution in [2.45, 2.75) is 19.4 Å². The van der Waals surface area contributed by atoms with E-state index in [1.165, 1.54) is 0 Å². The summed E-state index contributed by atoms with van der Waals surface area (Å²) in [6, 6.07) is 7.42. The van der Waals surface area contributed by atoms with E-state index in [0.29, 0.717) is 18.8 Å². The predicted molar refractivity (Wildman–Crippen MR) is 93.8 cm³/mol. The van der Waals surface area contributed by atoms with E-state index in [2.05, 4.69) is 10.2 Å². The zero-order valence-corrected chi connectivity index (χ0v) is 14.6. The average molecular weight is 347 g/mol. The largest absolute Gasteiger partial charge is 0.479 e. The van der Waals surface area contributed by atoms with Gasteiger partial charge in [-0.25, -0.2) is 0 Å². The van der Waals surface area contributed by atoms with Crippen LogP contribution in [-0.2, 0) is 14.3 Å². The van der Waals surface area contributed by atoms with Crippen LogP contribution in [0.1, 0.15) is 13.3 Å². The lowest BCUT2D eigenvalue weighted by molar-refractivity contribution is -0.125. The fraction of sp³-hybridized carbons (Fsp3) is 0.556. The van der Waals surface area contributed by atoms with E-state index >= 15 is 0 Å². The van der Waals surface area contributed by atoms with E-state index in [1.54, 1.807) is 11.8 Å².